The Balaban J connectivity index is 1.51. The SMILES string of the molecule is COc1cccc([C@@H]2CN(C(=O)c3cnc(C)cn3)[C@@H]3C4CCN(CC4)[C@@H]32)c1. The summed E-state index contributed by atoms with van der Waals surface area (Å²) in [6.07, 6.45) is 5.65. The molecule has 6 heteroatoms. The van der Waals surface area contributed by atoms with Gasteiger partial charge in [0.05, 0.1) is 25.0 Å². The number of fused-ring (bicyclic) bond motifs is 2. The van der Waals surface area contributed by atoms with Crippen LogP contribution in [0.2, 0.25) is 0 Å². The molecule has 0 unspecified atom stereocenters. The maximum absolute atomic E-state index is 13.4. The number of piperidine rings is 3. The van der Waals surface area contributed by atoms with Crippen molar-refractivity contribution in [2.45, 2.75) is 37.8 Å². The summed E-state index contributed by atoms with van der Waals surface area (Å²) in [6, 6.07) is 8.97. The Kier molecular flexibility index (Phi) is 4.31. The van der Waals surface area contributed by atoms with Crippen molar-refractivity contribution in [3.63, 3.8) is 0 Å². The van der Waals surface area contributed by atoms with E-state index in [4.69, 9.17) is 4.74 Å². The molecule has 6 nitrogen and oxygen atoms in total. The first kappa shape index (κ1) is 17.6. The number of benzene rings is 1. The topological polar surface area (TPSA) is 58.6 Å². The number of methoxy groups -OCH3 is 1. The third-order valence-corrected chi connectivity index (χ3v) is 6.78. The van der Waals surface area contributed by atoms with Crippen molar-refractivity contribution in [2.24, 2.45) is 5.92 Å². The second kappa shape index (κ2) is 6.85. The summed E-state index contributed by atoms with van der Waals surface area (Å²) in [5.74, 6) is 1.76. The smallest absolute Gasteiger partial charge is 0.274 e. The minimum Gasteiger partial charge on any atom is -0.497 e. The predicted molar refractivity (Wildman–Crippen MR) is 105 cm³/mol. The number of ether oxygens (including phenoxy) is 1. The average molecular weight is 378 g/mol. The van der Waals surface area contributed by atoms with Gasteiger partial charge in [0.15, 0.2) is 0 Å². The van der Waals surface area contributed by atoms with Gasteiger partial charge in [-0.3, -0.25) is 14.7 Å². The highest BCUT2D eigenvalue weighted by Crippen LogP contribution is 2.47. The zero-order valence-electron chi connectivity index (χ0n) is 16.4. The molecule has 0 N–H and O–H groups in total. The molecule has 28 heavy (non-hydrogen) atoms. The van der Waals surface area contributed by atoms with Crippen LogP contribution in [0.5, 0.6) is 5.75 Å². The van der Waals surface area contributed by atoms with Gasteiger partial charge in [-0.2, -0.15) is 0 Å². The van der Waals surface area contributed by atoms with Gasteiger partial charge in [0.2, 0.25) is 0 Å². The highest BCUT2D eigenvalue weighted by molar-refractivity contribution is 5.92. The summed E-state index contributed by atoms with van der Waals surface area (Å²) < 4.78 is 5.45. The van der Waals surface area contributed by atoms with Crippen LogP contribution < -0.4 is 4.74 Å². The number of aryl methyl sites for hydroxylation is 1. The summed E-state index contributed by atoms with van der Waals surface area (Å²) in [4.78, 5) is 26.7. The summed E-state index contributed by atoms with van der Waals surface area (Å²) >= 11 is 0. The molecule has 4 aliphatic heterocycles. The van der Waals surface area contributed by atoms with Crippen molar-refractivity contribution in [1.82, 2.24) is 19.8 Å². The number of amides is 1. The molecule has 1 aromatic carbocycles. The van der Waals surface area contributed by atoms with Gasteiger partial charge >= 0.3 is 0 Å². The van der Waals surface area contributed by atoms with E-state index in [0.717, 1.165) is 31.1 Å². The van der Waals surface area contributed by atoms with Crippen LogP contribution in [0.15, 0.2) is 36.7 Å². The molecule has 1 aromatic heterocycles. The fourth-order valence-corrected chi connectivity index (χ4v) is 5.47. The van der Waals surface area contributed by atoms with E-state index in [9.17, 15) is 4.79 Å². The summed E-state index contributed by atoms with van der Waals surface area (Å²) in [7, 11) is 1.70. The minimum absolute atomic E-state index is 0.0154. The van der Waals surface area contributed by atoms with E-state index in [1.807, 2.05) is 13.0 Å². The molecule has 4 fully saturated rings. The Bertz CT molecular complexity index is 876. The second-order valence-electron chi connectivity index (χ2n) is 8.24. The molecule has 3 atom stereocenters. The molecule has 0 radical (unpaired) electrons. The molecule has 0 aliphatic carbocycles. The number of carbonyl (C=O) groups excluding carboxylic acids is 1. The lowest BCUT2D eigenvalue weighted by Crippen LogP contribution is -2.60. The van der Waals surface area contributed by atoms with E-state index >= 15 is 0 Å². The Labute approximate surface area is 165 Å². The van der Waals surface area contributed by atoms with E-state index in [1.54, 1.807) is 19.5 Å². The highest BCUT2D eigenvalue weighted by atomic mass is 16.5. The molecule has 2 aromatic rings. The van der Waals surface area contributed by atoms with Crippen LogP contribution in [0.3, 0.4) is 0 Å². The lowest BCUT2D eigenvalue weighted by Gasteiger charge is -2.51. The van der Waals surface area contributed by atoms with Crippen molar-refractivity contribution >= 4 is 5.91 Å². The lowest BCUT2D eigenvalue weighted by molar-refractivity contribution is -0.00360. The first-order valence-corrected chi connectivity index (χ1v) is 10.1. The van der Waals surface area contributed by atoms with Crippen LogP contribution in [-0.4, -0.2) is 64.5 Å². The normalized spacial score (nSPS) is 30.9. The Morgan fingerprint density at radius 1 is 1.14 bits per heavy atom. The number of nitrogens with zero attached hydrogens (tertiary/aromatic N) is 4. The predicted octanol–water partition coefficient (Wildman–Crippen LogP) is 2.50. The molecule has 4 aliphatic rings. The number of carbonyl (C=O) groups is 1. The number of rotatable bonds is 3. The zero-order chi connectivity index (χ0) is 19.3. The standard InChI is InChI=1S/C22H26N4O2/c1-14-11-24-19(12-23-14)22(27)26-13-18(16-4-3-5-17(10-16)28-2)21-20(26)15-6-8-25(21)9-7-15/h3-5,10-12,15,18,20-21H,6-9,13H2,1-2H3/t18-,20+,21+/m0/s1. The Hall–Kier alpha value is -2.47. The van der Waals surface area contributed by atoms with Crippen molar-refractivity contribution in [3.8, 4) is 5.75 Å². The maximum Gasteiger partial charge on any atom is 0.274 e. The highest BCUT2D eigenvalue weighted by Gasteiger charge is 2.54. The molecule has 2 bridgehead atoms. The van der Waals surface area contributed by atoms with E-state index in [-0.39, 0.29) is 11.9 Å². The monoisotopic (exact) mass is 378 g/mol. The zero-order valence-corrected chi connectivity index (χ0v) is 16.4. The number of hydrogen-bond acceptors (Lipinski definition) is 5. The van der Waals surface area contributed by atoms with Crippen LogP contribution in [0.4, 0.5) is 0 Å². The van der Waals surface area contributed by atoms with Crippen LogP contribution >= 0.6 is 0 Å². The largest absolute Gasteiger partial charge is 0.497 e. The van der Waals surface area contributed by atoms with Gasteiger partial charge in [-0.05, 0) is 56.5 Å². The van der Waals surface area contributed by atoms with Gasteiger partial charge in [0.25, 0.3) is 5.91 Å². The van der Waals surface area contributed by atoms with Crippen LogP contribution in [0.1, 0.15) is 40.5 Å². The second-order valence-corrected chi connectivity index (χ2v) is 8.24. The van der Waals surface area contributed by atoms with E-state index in [0.29, 0.717) is 23.6 Å². The molecular weight excluding hydrogens is 352 g/mol. The Morgan fingerprint density at radius 2 is 1.96 bits per heavy atom. The molecule has 5 heterocycles. The summed E-state index contributed by atoms with van der Waals surface area (Å²) in [5, 5.41) is 0. The van der Waals surface area contributed by atoms with E-state index < -0.39 is 0 Å². The van der Waals surface area contributed by atoms with E-state index in [2.05, 4.69) is 38.0 Å². The minimum atomic E-state index is 0.0154. The number of aromatic nitrogens is 2. The van der Waals surface area contributed by atoms with Gasteiger partial charge < -0.3 is 9.64 Å². The maximum atomic E-state index is 13.4. The first-order valence-electron chi connectivity index (χ1n) is 10.1. The summed E-state index contributed by atoms with van der Waals surface area (Å²) in [6.45, 7) is 4.89. The Morgan fingerprint density at radius 3 is 2.68 bits per heavy atom. The van der Waals surface area contributed by atoms with Crippen molar-refractivity contribution in [1.29, 1.82) is 0 Å². The number of likely N-dealkylation sites (tertiary alicyclic amines) is 1. The fourth-order valence-electron chi connectivity index (χ4n) is 5.47. The van der Waals surface area contributed by atoms with E-state index in [1.165, 1.54) is 18.4 Å². The third kappa shape index (κ3) is 2.78. The lowest BCUT2D eigenvalue weighted by atomic mass is 9.75. The quantitative estimate of drug-likeness (QED) is 0.821. The third-order valence-electron chi connectivity index (χ3n) is 6.78. The average Bonchev–Trinajstić information content (AvgIpc) is 3.18. The van der Waals surface area contributed by atoms with Gasteiger partial charge in [-0.25, -0.2) is 4.98 Å². The molecule has 146 valence electrons. The molecule has 4 saturated heterocycles. The molecule has 0 spiro atoms. The molecule has 0 saturated carbocycles. The van der Waals surface area contributed by atoms with Crippen LogP contribution in [0, 0.1) is 12.8 Å². The van der Waals surface area contributed by atoms with Gasteiger partial charge in [-0.15, -0.1) is 0 Å². The van der Waals surface area contributed by atoms with Crippen LogP contribution in [0.25, 0.3) is 0 Å². The molecular formula is C22H26N4O2. The van der Waals surface area contributed by atoms with Crippen molar-refractivity contribution in [3.05, 3.63) is 53.6 Å². The first-order chi connectivity index (χ1) is 13.7. The van der Waals surface area contributed by atoms with Crippen LogP contribution in [-0.2, 0) is 0 Å². The summed E-state index contributed by atoms with van der Waals surface area (Å²) in [5.41, 5.74) is 2.53. The van der Waals surface area contributed by atoms with Gasteiger partial charge in [-0.1, -0.05) is 12.1 Å². The fraction of sp³-hybridized carbons (Fsp3) is 0.500. The number of hydrogen-bond donors (Lipinski definition) is 0. The van der Waals surface area contributed by atoms with Crippen molar-refractivity contribution < 1.29 is 9.53 Å². The van der Waals surface area contributed by atoms with Gasteiger partial charge in [0.1, 0.15) is 11.4 Å². The molecule has 6 rings (SSSR count). The van der Waals surface area contributed by atoms with Gasteiger partial charge in [0, 0.05) is 24.7 Å². The van der Waals surface area contributed by atoms with Crippen molar-refractivity contribution in [2.75, 3.05) is 26.7 Å². The molecule has 1 amide bonds.